The standard InChI is InChI=1S/C11H13N3O2/c12-14-13-8-10-6-7-15-11(16-10)9-4-2-1-3-5-9/h1-5,10-11H,6-8H2. The zero-order chi connectivity index (χ0) is 11.2. The summed E-state index contributed by atoms with van der Waals surface area (Å²) in [6.45, 7) is 0.994. The van der Waals surface area contributed by atoms with Gasteiger partial charge in [-0.1, -0.05) is 35.4 Å². The summed E-state index contributed by atoms with van der Waals surface area (Å²) in [6, 6.07) is 9.75. The van der Waals surface area contributed by atoms with Crippen molar-refractivity contribution in [3.8, 4) is 0 Å². The fourth-order valence-corrected chi connectivity index (χ4v) is 1.64. The third-order valence-corrected chi connectivity index (χ3v) is 2.45. The number of rotatable bonds is 3. The number of azide groups is 1. The second kappa shape index (κ2) is 5.51. The van der Waals surface area contributed by atoms with Crippen molar-refractivity contribution in [3.63, 3.8) is 0 Å². The van der Waals surface area contributed by atoms with Gasteiger partial charge in [0.05, 0.1) is 19.3 Å². The molecular weight excluding hydrogens is 206 g/mol. The number of nitrogens with zero attached hydrogens (tertiary/aromatic N) is 3. The van der Waals surface area contributed by atoms with Crippen molar-refractivity contribution in [2.24, 2.45) is 5.11 Å². The molecule has 1 heterocycles. The van der Waals surface area contributed by atoms with Crippen LogP contribution in [0, 0.1) is 0 Å². The summed E-state index contributed by atoms with van der Waals surface area (Å²) in [6.07, 6.45) is 0.381. The first kappa shape index (κ1) is 11.0. The molecule has 16 heavy (non-hydrogen) atoms. The Morgan fingerprint density at radius 1 is 1.38 bits per heavy atom. The molecule has 2 unspecified atom stereocenters. The predicted octanol–water partition coefficient (Wildman–Crippen LogP) is 2.80. The van der Waals surface area contributed by atoms with E-state index in [1.807, 2.05) is 30.3 Å². The molecule has 0 bridgehead atoms. The van der Waals surface area contributed by atoms with Crippen molar-refractivity contribution in [3.05, 3.63) is 46.3 Å². The average Bonchev–Trinajstić information content (AvgIpc) is 2.38. The van der Waals surface area contributed by atoms with E-state index < -0.39 is 0 Å². The maximum absolute atomic E-state index is 8.25. The molecule has 0 aliphatic carbocycles. The Morgan fingerprint density at radius 2 is 2.19 bits per heavy atom. The lowest BCUT2D eigenvalue weighted by Gasteiger charge is -2.29. The lowest BCUT2D eigenvalue weighted by atomic mass is 10.2. The lowest BCUT2D eigenvalue weighted by Crippen LogP contribution is -2.28. The van der Waals surface area contributed by atoms with Crippen LogP contribution in [-0.2, 0) is 9.47 Å². The molecule has 5 heteroatoms. The van der Waals surface area contributed by atoms with Gasteiger partial charge in [-0.2, -0.15) is 0 Å². The number of benzene rings is 1. The Kier molecular flexibility index (Phi) is 3.77. The molecule has 1 aliphatic rings. The van der Waals surface area contributed by atoms with Crippen LogP contribution in [0.15, 0.2) is 35.4 Å². The van der Waals surface area contributed by atoms with Crippen molar-refractivity contribution in [1.82, 2.24) is 0 Å². The van der Waals surface area contributed by atoms with E-state index in [9.17, 15) is 0 Å². The van der Waals surface area contributed by atoms with Gasteiger partial charge in [0.1, 0.15) is 0 Å². The van der Waals surface area contributed by atoms with Crippen LogP contribution in [0.3, 0.4) is 0 Å². The van der Waals surface area contributed by atoms with Gasteiger partial charge in [-0.05, 0) is 12.0 Å². The molecule has 2 atom stereocenters. The van der Waals surface area contributed by atoms with E-state index in [4.69, 9.17) is 15.0 Å². The van der Waals surface area contributed by atoms with Crippen molar-refractivity contribution in [1.29, 1.82) is 0 Å². The van der Waals surface area contributed by atoms with Crippen molar-refractivity contribution < 1.29 is 9.47 Å². The first-order valence-electron chi connectivity index (χ1n) is 5.23. The largest absolute Gasteiger partial charge is 0.348 e. The normalized spacial score (nSPS) is 24.8. The molecule has 5 nitrogen and oxygen atoms in total. The van der Waals surface area contributed by atoms with Crippen LogP contribution >= 0.6 is 0 Å². The van der Waals surface area contributed by atoms with Gasteiger partial charge >= 0.3 is 0 Å². The maximum atomic E-state index is 8.25. The van der Waals surface area contributed by atoms with Crippen LogP contribution in [-0.4, -0.2) is 19.3 Å². The summed E-state index contributed by atoms with van der Waals surface area (Å²) >= 11 is 0. The molecular formula is C11H13N3O2. The highest BCUT2D eigenvalue weighted by Crippen LogP contribution is 2.25. The lowest BCUT2D eigenvalue weighted by molar-refractivity contribution is -0.214. The smallest absolute Gasteiger partial charge is 0.184 e. The van der Waals surface area contributed by atoms with E-state index in [1.165, 1.54) is 0 Å². The van der Waals surface area contributed by atoms with Gasteiger partial charge in [0, 0.05) is 10.5 Å². The van der Waals surface area contributed by atoms with E-state index in [1.54, 1.807) is 0 Å². The van der Waals surface area contributed by atoms with Gasteiger partial charge in [0.15, 0.2) is 6.29 Å². The fraction of sp³-hybridized carbons (Fsp3) is 0.455. The molecule has 1 aliphatic heterocycles. The summed E-state index contributed by atoms with van der Waals surface area (Å²) in [7, 11) is 0. The Morgan fingerprint density at radius 3 is 2.94 bits per heavy atom. The van der Waals surface area contributed by atoms with Crippen LogP contribution in [0.25, 0.3) is 10.4 Å². The third-order valence-electron chi connectivity index (χ3n) is 2.45. The number of hydrogen-bond donors (Lipinski definition) is 0. The van der Waals surface area contributed by atoms with E-state index in [0.717, 1.165) is 12.0 Å². The second-order valence-electron chi connectivity index (χ2n) is 3.57. The molecule has 2 rings (SSSR count). The Balaban J connectivity index is 1.99. The van der Waals surface area contributed by atoms with Crippen LogP contribution in [0.1, 0.15) is 18.3 Å². The SMILES string of the molecule is [N-]=[N+]=NCC1CCOC(c2ccccc2)O1. The van der Waals surface area contributed by atoms with Gasteiger partial charge < -0.3 is 9.47 Å². The quantitative estimate of drug-likeness (QED) is 0.445. The van der Waals surface area contributed by atoms with Crippen molar-refractivity contribution in [2.45, 2.75) is 18.8 Å². The highest BCUT2D eigenvalue weighted by atomic mass is 16.7. The molecule has 1 aromatic carbocycles. The molecule has 0 N–H and O–H groups in total. The zero-order valence-electron chi connectivity index (χ0n) is 8.82. The predicted molar refractivity (Wildman–Crippen MR) is 58.6 cm³/mol. The van der Waals surface area contributed by atoms with Gasteiger partial charge in [-0.3, -0.25) is 0 Å². The Hall–Kier alpha value is -1.55. The minimum Gasteiger partial charge on any atom is -0.348 e. The van der Waals surface area contributed by atoms with Crippen LogP contribution < -0.4 is 0 Å². The first-order chi connectivity index (χ1) is 7.90. The first-order valence-corrected chi connectivity index (χ1v) is 5.23. The van der Waals surface area contributed by atoms with Gasteiger partial charge in [0.25, 0.3) is 0 Å². The van der Waals surface area contributed by atoms with E-state index in [0.29, 0.717) is 13.2 Å². The highest BCUT2D eigenvalue weighted by Gasteiger charge is 2.23. The molecule has 84 valence electrons. The van der Waals surface area contributed by atoms with Crippen molar-refractivity contribution in [2.75, 3.05) is 13.2 Å². The Labute approximate surface area is 93.6 Å². The fourth-order valence-electron chi connectivity index (χ4n) is 1.64. The summed E-state index contributed by atoms with van der Waals surface area (Å²) < 4.78 is 11.2. The summed E-state index contributed by atoms with van der Waals surface area (Å²) in [5.41, 5.74) is 9.25. The molecule has 1 saturated heterocycles. The van der Waals surface area contributed by atoms with E-state index in [2.05, 4.69) is 10.0 Å². The van der Waals surface area contributed by atoms with E-state index in [-0.39, 0.29) is 12.4 Å². The van der Waals surface area contributed by atoms with Gasteiger partial charge in [0.2, 0.25) is 0 Å². The van der Waals surface area contributed by atoms with E-state index >= 15 is 0 Å². The topological polar surface area (TPSA) is 67.2 Å². The molecule has 1 fully saturated rings. The summed E-state index contributed by atoms with van der Waals surface area (Å²) in [4.78, 5) is 2.73. The third kappa shape index (κ3) is 2.73. The van der Waals surface area contributed by atoms with Crippen LogP contribution in [0.4, 0.5) is 0 Å². The monoisotopic (exact) mass is 219 g/mol. The average molecular weight is 219 g/mol. The highest BCUT2D eigenvalue weighted by molar-refractivity contribution is 5.16. The van der Waals surface area contributed by atoms with Gasteiger partial charge in [-0.25, -0.2) is 0 Å². The van der Waals surface area contributed by atoms with Crippen LogP contribution in [0.2, 0.25) is 0 Å². The molecule has 0 spiro atoms. The molecule has 0 radical (unpaired) electrons. The maximum Gasteiger partial charge on any atom is 0.184 e. The van der Waals surface area contributed by atoms with Gasteiger partial charge in [-0.15, -0.1) is 0 Å². The van der Waals surface area contributed by atoms with Crippen LogP contribution in [0.5, 0.6) is 0 Å². The molecule has 1 aromatic rings. The minimum atomic E-state index is -0.339. The number of hydrogen-bond acceptors (Lipinski definition) is 3. The Bertz CT molecular complexity index is 376. The summed E-state index contributed by atoms with van der Waals surface area (Å²) in [5, 5.41) is 3.52. The summed E-state index contributed by atoms with van der Waals surface area (Å²) in [5.74, 6) is 0. The zero-order valence-corrected chi connectivity index (χ0v) is 8.82. The molecule has 0 amide bonds. The molecule has 0 aromatic heterocycles. The van der Waals surface area contributed by atoms with Crippen molar-refractivity contribution >= 4 is 0 Å². The number of ether oxygens (including phenoxy) is 2. The second-order valence-corrected chi connectivity index (χ2v) is 3.57. The molecule has 0 saturated carbocycles. The minimum absolute atomic E-state index is 0.0464.